The minimum Gasteiger partial charge on any atom is -0.383 e. The number of likely N-dealkylation sites (tertiary alicyclic amines) is 1. The monoisotopic (exact) mass is 601 g/mol. The summed E-state index contributed by atoms with van der Waals surface area (Å²) in [6.07, 6.45) is 7.71. The highest BCUT2D eigenvalue weighted by Crippen LogP contribution is 2.32. The number of nitrogens with zero attached hydrogens (tertiary/aromatic N) is 9. The van der Waals surface area contributed by atoms with Gasteiger partial charge in [0.25, 0.3) is 0 Å². The number of piperidine rings is 1. The summed E-state index contributed by atoms with van der Waals surface area (Å²) in [7, 11) is 0. The second kappa shape index (κ2) is 13.7. The average molecular weight is 602 g/mol. The molecule has 4 aromatic heterocycles. The summed E-state index contributed by atoms with van der Waals surface area (Å²) in [6, 6.07) is 20.8. The van der Waals surface area contributed by atoms with Crippen molar-refractivity contribution in [2.45, 2.75) is 52.1 Å². The molecule has 5 aromatic rings. The van der Waals surface area contributed by atoms with E-state index in [1.165, 1.54) is 18.4 Å². The van der Waals surface area contributed by atoms with E-state index >= 15 is 0 Å². The first-order valence-electron chi connectivity index (χ1n) is 15.8. The molecule has 45 heavy (non-hydrogen) atoms. The van der Waals surface area contributed by atoms with E-state index < -0.39 is 0 Å². The van der Waals surface area contributed by atoms with Crippen LogP contribution in [-0.4, -0.2) is 66.6 Å². The van der Waals surface area contributed by atoms with Crippen molar-refractivity contribution >= 4 is 28.6 Å². The molecular weight excluding hydrogens is 562 g/mol. The fourth-order valence-corrected chi connectivity index (χ4v) is 6.05. The predicted octanol–water partition coefficient (Wildman–Crippen LogP) is 5.43. The zero-order chi connectivity index (χ0) is 31.2. The standard InChI is InChI=1S/C32H33N11.C2H6/c33-20-28-35-15-11-27(39-28)37-23-12-18-41(19-13-23)21-22-5-7-24(8-6-22)43-31(25-4-3-14-36-30(25)34)38-26-9-10-29(40-32(26)43)42-16-1-2-17-42;1-2/h3-11,14-15,23H,1-2,12-13,16-19,21H2,(H2,34,36)(H,35,37,39);1-2H3. The number of rotatable bonds is 7. The first kappa shape index (κ1) is 30.0. The molecule has 0 saturated carbocycles. The van der Waals surface area contributed by atoms with E-state index in [0.29, 0.717) is 17.7 Å². The zero-order valence-corrected chi connectivity index (χ0v) is 25.9. The van der Waals surface area contributed by atoms with Gasteiger partial charge in [-0.1, -0.05) is 26.0 Å². The molecular formula is C34H39N11. The molecule has 6 heterocycles. The minimum absolute atomic E-state index is 0.188. The van der Waals surface area contributed by atoms with Crippen LogP contribution in [0, 0.1) is 11.3 Å². The van der Waals surface area contributed by atoms with E-state index in [1.807, 2.05) is 38.1 Å². The highest BCUT2D eigenvalue weighted by molar-refractivity contribution is 5.84. The van der Waals surface area contributed by atoms with Gasteiger partial charge in [-0.15, -0.1) is 0 Å². The Balaban J connectivity index is 0.00000175. The number of fused-ring (bicyclic) bond motifs is 1. The zero-order valence-electron chi connectivity index (χ0n) is 25.9. The topological polar surface area (TPSA) is 138 Å². The van der Waals surface area contributed by atoms with Crippen molar-refractivity contribution in [2.75, 3.05) is 42.1 Å². The summed E-state index contributed by atoms with van der Waals surface area (Å²) in [5, 5.41) is 12.5. The van der Waals surface area contributed by atoms with Gasteiger partial charge in [-0.25, -0.2) is 24.9 Å². The van der Waals surface area contributed by atoms with Crippen LogP contribution < -0.4 is 16.0 Å². The molecule has 0 atom stereocenters. The van der Waals surface area contributed by atoms with Crippen molar-refractivity contribution in [1.82, 2.24) is 34.4 Å². The van der Waals surface area contributed by atoms with Crippen LogP contribution in [0.25, 0.3) is 28.2 Å². The van der Waals surface area contributed by atoms with Crippen molar-refractivity contribution in [1.29, 1.82) is 5.26 Å². The van der Waals surface area contributed by atoms with Gasteiger partial charge in [0, 0.05) is 56.8 Å². The lowest BCUT2D eigenvalue weighted by molar-refractivity contribution is 0.211. The number of benzene rings is 1. The maximum absolute atomic E-state index is 9.06. The van der Waals surface area contributed by atoms with Gasteiger partial charge in [0.15, 0.2) is 11.5 Å². The quantitative estimate of drug-likeness (QED) is 0.248. The van der Waals surface area contributed by atoms with Crippen LogP contribution in [0.15, 0.2) is 67.0 Å². The SMILES string of the molecule is CC.N#Cc1nccc(NC2CCN(Cc3ccc(-n4c(-c5cccnc5N)nc5ccc(N6CCCC6)nc54)cc3)CC2)n1. The molecule has 0 amide bonds. The van der Waals surface area contributed by atoms with Crippen LogP contribution in [0.2, 0.25) is 0 Å². The molecule has 3 N–H and O–H groups in total. The van der Waals surface area contributed by atoms with Gasteiger partial charge >= 0.3 is 0 Å². The summed E-state index contributed by atoms with van der Waals surface area (Å²) in [4.78, 5) is 27.4. The van der Waals surface area contributed by atoms with E-state index in [-0.39, 0.29) is 5.82 Å². The molecule has 11 heteroatoms. The Hall–Kier alpha value is -5.08. The molecule has 0 bridgehead atoms. The maximum atomic E-state index is 9.06. The number of hydrogen-bond acceptors (Lipinski definition) is 10. The molecule has 0 aliphatic carbocycles. The number of hydrogen-bond donors (Lipinski definition) is 2. The molecule has 0 spiro atoms. The van der Waals surface area contributed by atoms with Gasteiger partial charge in [0.05, 0.1) is 5.56 Å². The Bertz CT molecular complexity index is 1780. The molecule has 0 unspecified atom stereocenters. The third kappa shape index (κ3) is 6.56. The van der Waals surface area contributed by atoms with Gasteiger partial charge in [0.1, 0.15) is 29.0 Å². The van der Waals surface area contributed by atoms with E-state index in [9.17, 15) is 0 Å². The van der Waals surface area contributed by atoms with Gasteiger partial charge < -0.3 is 16.0 Å². The lowest BCUT2D eigenvalue weighted by Crippen LogP contribution is -2.38. The first-order chi connectivity index (χ1) is 22.1. The molecule has 2 fully saturated rings. The number of nitrogen functional groups attached to an aromatic ring is 1. The lowest BCUT2D eigenvalue weighted by Gasteiger charge is -2.32. The minimum atomic E-state index is 0.188. The molecule has 230 valence electrons. The Morgan fingerprint density at radius 2 is 1.67 bits per heavy atom. The van der Waals surface area contributed by atoms with Gasteiger partial charge in [-0.05, 0) is 73.7 Å². The van der Waals surface area contributed by atoms with Gasteiger partial charge in [-0.3, -0.25) is 9.47 Å². The normalized spacial score (nSPS) is 15.4. The van der Waals surface area contributed by atoms with E-state index in [2.05, 4.69) is 71.0 Å². The van der Waals surface area contributed by atoms with Gasteiger partial charge in [0.2, 0.25) is 5.82 Å². The molecule has 2 aliphatic heterocycles. The number of aromatic nitrogens is 6. The third-order valence-electron chi connectivity index (χ3n) is 8.30. The number of pyridine rings is 2. The lowest BCUT2D eigenvalue weighted by atomic mass is 10.0. The summed E-state index contributed by atoms with van der Waals surface area (Å²) in [5.74, 6) is 3.06. The first-order valence-corrected chi connectivity index (χ1v) is 15.8. The second-order valence-corrected chi connectivity index (χ2v) is 11.2. The highest BCUT2D eigenvalue weighted by atomic mass is 15.2. The van der Waals surface area contributed by atoms with Crippen molar-refractivity contribution in [3.8, 4) is 23.1 Å². The van der Waals surface area contributed by atoms with E-state index in [4.69, 9.17) is 21.0 Å². The smallest absolute Gasteiger partial charge is 0.234 e. The van der Waals surface area contributed by atoms with Crippen LogP contribution in [-0.2, 0) is 6.54 Å². The van der Waals surface area contributed by atoms with Gasteiger partial charge in [-0.2, -0.15) is 5.26 Å². The molecule has 1 aromatic carbocycles. The fraction of sp³-hybridized carbons (Fsp3) is 0.353. The van der Waals surface area contributed by atoms with E-state index in [1.54, 1.807) is 12.4 Å². The van der Waals surface area contributed by atoms with Crippen molar-refractivity contribution in [2.24, 2.45) is 0 Å². The molecule has 7 rings (SSSR count). The molecule has 11 nitrogen and oxygen atoms in total. The summed E-state index contributed by atoms with van der Waals surface area (Å²) < 4.78 is 2.11. The van der Waals surface area contributed by atoms with Crippen LogP contribution in [0.5, 0.6) is 0 Å². The average Bonchev–Trinajstić information content (AvgIpc) is 3.76. The second-order valence-electron chi connectivity index (χ2n) is 11.2. The van der Waals surface area contributed by atoms with Crippen LogP contribution in [0.3, 0.4) is 0 Å². The maximum Gasteiger partial charge on any atom is 0.234 e. The molecule has 2 saturated heterocycles. The van der Waals surface area contributed by atoms with Crippen LogP contribution in [0.4, 0.5) is 17.5 Å². The summed E-state index contributed by atoms with van der Waals surface area (Å²) in [5.41, 5.74) is 11.0. The Kier molecular flexibility index (Phi) is 9.12. The summed E-state index contributed by atoms with van der Waals surface area (Å²) in [6.45, 7) is 8.90. The van der Waals surface area contributed by atoms with Crippen molar-refractivity contribution < 1.29 is 0 Å². The number of imidazole rings is 1. The number of nitrogens with one attached hydrogen (secondary N) is 1. The third-order valence-corrected chi connectivity index (χ3v) is 8.30. The Labute approximate surface area is 263 Å². The number of nitriles is 1. The summed E-state index contributed by atoms with van der Waals surface area (Å²) >= 11 is 0. The molecule has 0 radical (unpaired) electrons. The van der Waals surface area contributed by atoms with Crippen LogP contribution in [0.1, 0.15) is 50.9 Å². The fourth-order valence-electron chi connectivity index (χ4n) is 6.05. The largest absolute Gasteiger partial charge is 0.383 e. The number of anilines is 3. The Morgan fingerprint density at radius 3 is 2.40 bits per heavy atom. The number of nitrogens with two attached hydrogens (primary N) is 1. The molecule has 2 aliphatic rings. The van der Waals surface area contributed by atoms with E-state index in [0.717, 1.165) is 79.6 Å². The Morgan fingerprint density at radius 1 is 0.889 bits per heavy atom. The highest BCUT2D eigenvalue weighted by Gasteiger charge is 2.22. The van der Waals surface area contributed by atoms with Crippen LogP contribution >= 0.6 is 0 Å². The van der Waals surface area contributed by atoms with Crippen molar-refractivity contribution in [3.05, 3.63) is 78.4 Å². The predicted molar refractivity (Wildman–Crippen MR) is 178 cm³/mol. The van der Waals surface area contributed by atoms with Crippen molar-refractivity contribution in [3.63, 3.8) is 0 Å².